The monoisotopic (exact) mass is 386 g/mol. The van der Waals surface area contributed by atoms with Crippen LogP contribution in [-0.2, 0) is 6.42 Å². The van der Waals surface area contributed by atoms with Crippen LogP contribution in [0.25, 0.3) is 10.9 Å². The smallest absolute Gasteiger partial charge is 0.229 e. The van der Waals surface area contributed by atoms with Crippen LogP contribution < -0.4 is 10.6 Å². The number of anilines is 4. The zero-order valence-electron chi connectivity index (χ0n) is 15.9. The molecule has 0 radical (unpaired) electrons. The van der Waals surface area contributed by atoms with Crippen LogP contribution in [0.3, 0.4) is 0 Å². The highest BCUT2D eigenvalue weighted by Crippen LogP contribution is 2.39. The number of H-pyrrole nitrogens is 1. The van der Waals surface area contributed by atoms with Crippen LogP contribution in [0.1, 0.15) is 30.0 Å². The lowest BCUT2D eigenvalue weighted by Gasteiger charge is -2.11. The number of aromatic nitrogens is 4. The fourth-order valence-electron chi connectivity index (χ4n) is 3.37. The molecule has 0 atom stereocenters. The van der Waals surface area contributed by atoms with E-state index in [1.165, 1.54) is 18.5 Å². The van der Waals surface area contributed by atoms with Crippen LogP contribution in [0.5, 0.6) is 0 Å². The van der Waals surface area contributed by atoms with Gasteiger partial charge in [-0.05, 0) is 49.1 Å². The fourth-order valence-corrected chi connectivity index (χ4v) is 3.37. The van der Waals surface area contributed by atoms with Gasteiger partial charge in [0.25, 0.3) is 0 Å². The molecule has 29 heavy (non-hydrogen) atoms. The van der Waals surface area contributed by atoms with E-state index in [4.69, 9.17) is 10.1 Å². The average Bonchev–Trinajstić information content (AvgIpc) is 3.49. The van der Waals surface area contributed by atoms with Gasteiger partial charge >= 0.3 is 0 Å². The molecule has 2 aromatic carbocycles. The maximum Gasteiger partial charge on any atom is 0.229 e. The molecule has 0 saturated heterocycles. The second-order valence-corrected chi connectivity index (χ2v) is 7.32. The van der Waals surface area contributed by atoms with Gasteiger partial charge in [-0.25, -0.2) is 4.98 Å². The standard InChI is InChI=1S/C22H22N6O/c29-12-11-14-5-9-16(10-6-14)23-22-24-18-4-2-1-3-17(18)21(26-22)25-20-13-19(27-28-20)15-7-8-15/h1-6,9-10,13,15,29H,7-8,11-12H2,(H3,23,24,25,26,27,28). The normalized spacial score (nSPS) is 13.6. The Morgan fingerprint density at radius 2 is 1.83 bits per heavy atom. The van der Waals surface area contributed by atoms with E-state index >= 15 is 0 Å². The minimum atomic E-state index is 0.144. The molecule has 1 fully saturated rings. The molecule has 2 aromatic heterocycles. The van der Waals surface area contributed by atoms with Crippen molar-refractivity contribution in [2.75, 3.05) is 17.2 Å². The van der Waals surface area contributed by atoms with Gasteiger partial charge in [-0.2, -0.15) is 10.1 Å². The molecule has 7 heteroatoms. The number of nitrogens with one attached hydrogen (secondary N) is 3. The minimum absolute atomic E-state index is 0.144. The number of aliphatic hydroxyl groups is 1. The van der Waals surface area contributed by atoms with E-state index in [0.29, 0.717) is 24.1 Å². The first-order valence-corrected chi connectivity index (χ1v) is 9.84. The third-order valence-electron chi connectivity index (χ3n) is 5.08. The highest BCUT2D eigenvalue weighted by atomic mass is 16.2. The Balaban J connectivity index is 1.44. The topological polar surface area (TPSA) is 98.8 Å². The summed E-state index contributed by atoms with van der Waals surface area (Å²) >= 11 is 0. The zero-order valence-corrected chi connectivity index (χ0v) is 15.9. The quantitative estimate of drug-likeness (QED) is 0.379. The van der Waals surface area contributed by atoms with Crippen LogP contribution in [0.2, 0.25) is 0 Å². The molecule has 0 amide bonds. The summed E-state index contributed by atoms with van der Waals surface area (Å²) in [6.07, 6.45) is 3.10. The van der Waals surface area contributed by atoms with Crippen molar-refractivity contribution in [3.8, 4) is 0 Å². The predicted octanol–water partition coefficient (Wildman–Crippen LogP) is 4.25. The van der Waals surface area contributed by atoms with E-state index in [1.807, 2.05) is 48.5 Å². The van der Waals surface area contributed by atoms with Crippen LogP contribution >= 0.6 is 0 Å². The summed E-state index contributed by atoms with van der Waals surface area (Å²) in [7, 11) is 0. The summed E-state index contributed by atoms with van der Waals surface area (Å²) in [6, 6.07) is 17.9. The predicted molar refractivity (Wildman–Crippen MR) is 114 cm³/mol. The molecule has 2 heterocycles. The molecule has 0 unspecified atom stereocenters. The van der Waals surface area contributed by atoms with Crippen molar-refractivity contribution in [3.05, 3.63) is 65.9 Å². The molecule has 1 aliphatic carbocycles. The third kappa shape index (κ3) is 3.90. The van der Waals surface area contributed by atoms with Crippen LogP contribution in [-0.4, -0.2) is 31.9 Å². The first-order chi connectivity index (χ1) is 14.3. The Labute approximate surface area is 168 Å². The van der Waals surface area contributed by atoms with Gasteiger partial charge < -0.3 is 15.7 Å². The van der Waals surface area contributed by atoms with Gasteiger partial charge in [-0.1, -0.05) is 24.3 Å². The summed E-state index contributed by atoms with van der Waals surface area (Å²) in [5, 5.41) is 24.1. The van der Waals surface area contributed by atoms with Crippen LogP contribution in [0.15, 0.2) is 54.6 Å². The second kappa shape index (κ2) is 7.52. The highest BCUT2D eigenvalue weighted by molar-refractivity contribution is 5.91. The number of aliphatic hydroxyl groups excluding tert-OH is 1. The summed E-state index contributed by atoms with van der Waals surface area (Å²) in [6.45, 7) is 0.144. The number of para-hydroxylation sites is 1. The van der Waals surface area contributed by atoms with Crippen molar-refractivity contribution in [2.45, 2.75) is 25.2 Å². The number of aromatic amines is 1. The summed E-state index contributed by atoms with van der Waals surface area (Å²) in [5.41, 5.74) is 4.00. The maximum absolute atomic E-state index is 9.06. The highest BCUT2D eigenvalue weighted by Gasteiger charge is 2.25. The van der Waals surface area contributed by atoms with Gasteiger partial charge in [-0.3, -0.25) is 5.10 Å². The molecular weight excluding hydrogens is 364 g/mol. The molecule has 1 saturated carbocycles. The van der Waals surface area contributed by atoms with Crippen molar-refractivity contribution in [1.29, 1.82) is 0 Å². The van der Waals surface area contributed by atoms with Gasteiger partial charge in [0.2, 0.25) is 5.95 Å². The van der Waals surface area contributed by atoms with Gasteiger partial charge in [0.1, 0.15) is 5.82 Å². The summed E-state index contributed by atoms with van der Waals surface area (Å²) in [5.74, 6) is 2.60. The zero-order chi connectivity index (χ0) is 19.6. The molecule has 4 aromatic rings. The molecule has 0 spiro atoms. The maximum atomic E-state index is 9.06. The largest absolute Gasteiger partial charge is 0.396 e. The van der Waals surface area contributed by atoms with Crippen molar-refractivity contribution >= 4 is 34.2 Å². The second-order valence-electron chi connectivity index (χ2n) is 7.32. The van der Waals surface area contributed by atoms with Crippen LogP contribution in [0, 0.1) is 0 Å². The first kappa shape index (κ1) is 17.6. The SMILES string of the molecule is OCCc1ccc(Nc2nc(Nc3cc(C4CC4)[nH]n3)c3ccccc3n2)cc1. The lowest BCUT2D eigenvalue weighted by Crippen LogP contribution is -2.02. The molecule has 7 nitrogen and oxygen atoms in total. The number of hydrogen-bond donors (Lipinski definition) is 4. The lowest BCUT2D eigenvalue weighted by atomic mass is 10.1. The van der Waals surface area contributed by atoms with Crippen molar-refractivity contribution in [1.82, 2.24) is 20.2 Å². The van der Waals surface area contributed by atoms with Gasteiger partial charge in [0.05, 0.1) is 5.52 Å². The summed E-state index contributed by atoms with van der Waals surface area (Å²) < 4.78 is 0. The van der Waals surface area contributed by atoms with Gasteiger partial charge in [-0.15, -0.1) is 0 Å². The van der Waals surface area contributed by atoms with Gasteiger partial charge in [0, 0.05) is 35.4 Å². The Bertz CT molecular complexity index is 1130. The minimum Gasteiger partial charge on any atom is -0.396 e. The van der Waals surface area contributed by atoms with E-state index in [0.717, 1.165) is 28.0 Å². The molecule has 4 N–H and O–H groups in total. The molecule has 5 rings (SSSR count). The van der Waals surface area contributed by atoms with Crippen LogP contribution in [0.4, 0.5) is 23.3 Å². The molecule has 0 bridgehead atoms. The molecule has 1 aliphatic rings. The first-order valence-electron chi connectivity index (χ1n) is 9.84. The van der Waals surface area contributed by atoms with Gasteiger partial charge in [0.15, 0.2) is 5.82 Å². The number of rotatable bonds is 7. The van der Waals surface area contributed by atoms with E-state index in [9.17, 15) is 0 Å². The van der Waals surface area contributed by atoms with Crippen molar-refractivity contribution < 1.29 is 5.11 Å². The fraction of sp³-hybridized carbons (Fsp3) is 0.227. The molecule has 0 aliphatic heterocycles. The average molecular weight is 386 g/mol. The number of nitrogens with zero attached hydrogens (tertiary/aromatic N) is 3. The number of benzene rings is 2. The number of hydrogen-bond acceptors (Lipinski definition) is 6. The van der Waals surface area contributed by atoms with E-state index in [1.54, 1.807) is 0 Å². The van der Waals surface area contributed by atoms with E-state index < -0.39 is 0 Å². The molecular formula is C22H22N6O. The summed E-state index contributed by atoms with van der Waals surface area (Å²) in [4.78, 5) is 9.34. The van der Waals surface area contributed by atoms with Crippen molar-refractivity contribution in [2.24, 2.45) is 0 Å². The lowest BCUT2D eigenvalue weighted by molar-refractivity contribution is 0.299. The van der Waals surface area contributed by atoms with E-state index in [-0.39, 0.29) is 6.61 Å². The Morgan fingerprint density at radius 3 is 2.62 bits per heavy atom. The molecule has 146 valence electrons. The third-order valence-corrected chi connectivity index (χ3v) is 5.08. The Kier molecular flexibility index (Phi) is 4.57. The number of fused-ring (bicyclic) bond motifs is 1. The Morgan fingerprint density at radius 1 is 1.00 bits per heavy atom. The van der Waals surface area contributed by atoms with E-state index in [2.05, 4.69) is 31.9 Å². The van der Waals surface area contributed by atoms with Crippen molar-refractivity contribution in [3.63, 3.8) is 0 Å². The Hall–Kier alpha value is -3.45.